The number of carbonyl (C=O) groups is 2. The van der Waals surface area contributed by atoms with Gasteiger partial charge in [-0.3, -0.25) is 14.3 Å². The van der Waals surface area contributed by atoms with Crippen LogP contribution in [0.1, 0.15) is 35.8 Å². The summed E-state index contributed by atoms with van der Waals surface area (Å²) < 4.78 is 1.75. The minimum atomic E-state index is -0.0372. The van der Waals surface area contributed by atoms with Crippen LogP contribution < -0.4 is 0 Å². The molecule has 0 radical (unpaired) electrons. The lowest BCUT2D eigenvalue weighted by Gasteiger charge is -2.20. The van der Waals surface area contributed by atoms with Crippen molar-refractivity contribution in [1.29, 1.82) is 0 Å². The van der Waals surface area contributed by atoms with E-state index in [9.17, 15) is 9.59 Å². The number of likely N-dealkylation sites (tertiary alicyclic amines) is 1. The summed E-state index contributed by atoms with van der Waals surface area (Å²) in [7, 11) is 1.84. The van der Waals surface area contributed by atoms with Crippen molar-refractivity contribution in [2.24, 2.45) is 5.92 Å². The third-order valence-corrected chi connectivity index (χ3v) is 4.91. The Morgan fingerprint density at radius 1 is 1.23 bits per heavy atom. The number of amides is 2. The molecule has 0 saturated carbocycles. The molecule has 1 fully saturated rings. The molecule has 1 unspecified atom stereocenters. The van der Waals surface area contributed by atoms with Gasteiger partial charge in [-0.25, -0.2) is 0 Å². The Bertz CT molecular complexity index is 756. The van der Waals surface area contributed by atoms with E-state index in [1.165, 1.54) is 0 Å². The van der Waals surface area contributed by atoms with Crippen molar-refractivity contribution in [2.45, 2.75) is 32.9 Å². The normalized spacial score (nSPS) is 16.7. The largest absolute Gasteiger partial charge is 0.341 e. The molecule has 0 spiro atoms. The van der Waals surface area contributed by atoms with Gasteiger partial charge in [0.1, 0.15) is 5.69 Å². The standard InChI is InChI=1S/C20H26N4O2/c1-3-24-12-10-18(21-24)20(26)23-11-9-17(15-23)13-19(25)22(2)14-16-7-5-4-6-8-16/h4-8,10,12,17H,3,9,11,13-15H2,1-2H3. The predicted molar refractivity (Wildman–Crippen MR) is 99.4 cm³/mol. The van der Waals surface area contributed by atoms with E-state index in [1.807, 2.05) is 55.4 Å². The van der Waals surface area contributed by atoms with E-state index in [1.54, 1.807) is 15.6 Å². The highest BCUT2D eigenvalue weighted by molar-refractivity contribution is 5.92. The maximum atomic E-state index is 12.5. The molecule has 1 aromatic heterocycles. The maximum Gasteiger partial charge on any atom is 0.274 e. The van der Waals surface area contributed by atoms with Crippen LogP contribution in [0.2, 0.25) is 0 Å². The topological polar surface area (TPSA) is 58.4 Å². The molecule has 0 N–H and O–H groups in total. The van der Waals surface area contributed by atoms with E-state index in [0.29, 0.717) is 31.7 Å². The van der Waals surface area contributed by atoms with E-state index in [-0.39, 0.29) is 17.7 Å². The first-order valence-electron chi connectivity index (χ1n) is 9.17. The third-order valence-electron chi connectivity index (χ3n) is 4.91. The van der Waals surface area contributed by atoms with Crippen molar-refractivity contribution >= 4 is 11.8 Å². The zero-order valence-corrected chi connectivity index (χ0v) is 15.5. The van der Waals surface area contributed by atoms with E-state index in [2.05, 4.69) is 5.10 Å². The number of benzene rings is 1. The number of nitrogens with zero attached hydrogens (tertiary/aromatic N) is 4. The highest BCUT2D eigenvalue weighted by Gasteiger charge is 2.30. The van der Waals surface area contributed by atoms with Gasteiger partial charge in [-0.05, 0) is 30.9 Å². The first-order chi connectivity index (χ1) is 12.6. The lowest BCUT2D eigenvalue weighted by molar-refractivity contribution is -0.131. The van der Waals surface area contributed by atoms with Crippen molar-refractivity contribution in [3.8, 4) is 0 Å². The molecule has 0 aliphatic carbocycles. The van der Waals surface area contributed by atoms with Crippen LogP contribution >= 0.6 is 0 Å². The van der Waals surface area contributed by atoms with Crippen LogP contribution in [0.5, 0.6) is 0 Å². The fraction of sp³-hybridized carbons (Fsp3) is 0.450. The molecule has 1 aromatic carbocycles. The van der Waals surface area contributed by atoms with Crippen LogP contribution in [-0.4, -0.2) is 51.5 Å². The summed E-state index contributed by atoms with van der Waals surface area (Å²) in [4.78, 5) is 28.6. The first kappa shape index (κ1) is 18.2. The van der Waals surface area contributed by atoms with Crippen LogP contribution in [0.4, 0.5) is 0 Å². The van der Waals surface area contributed by atoms with Crippen molar-refractivity contribution in [3.05, 3.63) is 53.9 Å². The van der Waals surface area contributed by atoms with Crippen molar-refractivity contribution in [2.75, 3.05) is 20.1 Å². The number of aryl methyl sites for hydroxylation is 1. The summed E-state index contributed by atoms with van der Waals surface area (Å²) in [6.07, 6.45) is 3.17. The second kappa shape index (κ2) is 8.17. The predicted octanol–water partition coefficient (Wildman–Crippen LogP) is 2.41. The maximum absolute atomic E-state index is 12.5. The Labute approximate surface area is 154 Å². The Hall–Kier alpha value is -2.63. The number of rotatable bonds is 6. The molecule has 1 aliphatic rings. The van der Waals surface area contributed by atoms with Crippen LogP contribution in [0.15, 0.2) is 42.6 Å². The van der Waals surface area contributed by atoms with Crippen LogP contribution in [0.25, 0.3) is 0 Å². The fourth-order valence-electron chi connectivity index (χ4n) is 3.35. The molecule has 6 nitrogen and oxygen atoms in total. The molecule has 138 valence electrons. The smallest absolute Gasteiger partial charge is 0.274 e. The van der Waals surface area contributed by atoms with Gasteiger partial charge in [-0.1, -0.05) is 30.3 Å². The van der Waals surface area contributed by atoms with Gasteiger partial charge >= 0.3 is 0 Å². The fourth-order valence-corrected chi connectivity index (χ4v) is 3.35. The average Bonchev–Trinajstić information content (AvgIpc) is 3.31. The van der Waals surface area contributed by atoms with Crippen LogP contribution in [0.3, 0.4) is 0 Å². The van der Waals surface area contributed by atoms with Gasteiger partial charge in [0.2, 0.25) is 5.91 Å². The minimum Gasteiger partial charge on any atom is -0.341 e. The molecule has 3 rings (SSSR count). The van der Waals surface area contributed by atoms with Gasteiger partial charge in [0.05, 0.1) is 0 Å². The summed E-state index contributed by atoms with van der Waals surface area (Å²) in [5, 5.41) is 4.28. The lowest BCUT2D eigenvalue weighted by Crippen LogP contribution is -2.31. The molecule has 1 saturated heterocycles. The van der Waals surface area contributed by atoms with Gasteiger partial charge < -0.3 is 9.80 Å². The van der Waals surface area contributed by atoms with E-state index in [0.717, 1.165) is 18.5 Å². The highest BCUT2D eigenvalue weighted by Crippen LogP contribution is 2.22. The summed E-state index contributed by atoms with van der Waals surface area (Å²) in [6.45, 7) is 4.67. The summed E-state index contributed by atoms with van der Waals surface area (Å²) in [5.74, 6) is 0.311. The summed E-state index contributed by atoms with van der Waals surface area (Å²) in [6, 6.07) is 11.7. The van der Waals surface area contributed by atoms with Crippen molar-refractivity contribution < 1.29 is 9.59 Å². The lowest BCUT2D eigenvalue weighted by atomic mass is 10.0. The number of hydrogen-bond donors (Lipinski definition) is 0. The van der Waals surface area contributed by atoms with Gasteiger partial charge in [0.25, 0.3) is 5.91 Å². The second-order valence-corrected chi connectivity index (χ2v) is 6.90. The SMILES string of the molecule is CCn1ccc(C(=O)N2CCC(CC(=O)N(C)Cc3ccccc3)C2)n1. The second-order valence-electron chi connectivity index (χ2n) is 6.90. The summed E-state index contributed by atoms with van der Waals surface area (Å²) >= 11 is 0. The van der Waals surface area contributed by atoms with E-state index >= 15 is 0 Å². The van der Waals surface area contributed by atoms with Gasteiger partial charge in [0.15, 0.2) is 0 Å². The molecule has 2 amide bonds. The first-order valence-corrected chi connectivity index (χ1v) is 9.17. The Balaban J connectivity index is 1.50. The van der Waals surface area contributed by atoms with E-state index < -0.39 is 0 Å². The summed E-state index contributed by atoms with van der Waals surface area (Å²) in [5.41, 5.74) is 1.61. The zero-order valence-electron chi connectivity index (χ0n) is 15.5. The average molecular weight is 354 g/mol. The van der Waals surface area contributed by atoms with Gasteiger partial charge in [0, 0.05) is 45.8 Å². The van der Waals surface area contributed by atoms with Gasteiger partial charge in [-0.2, -0.15) is 5.10 Å². The molecule has 0 bridgehead atoms. The molecule has 1 aliphatic heterocycles. The zero-order chi connectivity index (χ0) is 18.5. The monoisotopic (exact) mass is 354 g/mol. The third kappa shape index (κ3) is 4.31. The minimum absolute atomic E-state index is 0.0372. The highest BCUT2D eigenvalue weighted by atomic mass is 16.2. The molecular weight excluding hydrogens is 328 g/mol. The molecule has 1 atom stereocenters. The molecule has 2 heterocycles. The molecule has 6 heteroatoms. The Kier molecular flexibility index (Phi) is 5.71. The Morgan fingerprint density at radius 3 is 2.69 bits per heavy atom. The van der Waals surface area contributed by atoms with Crippen LogP contribution in [-0.2, 0) is 17.9 Å². The molecule has 2 aromatic rings. The number of carbonyl (C=O) groups excluding carboxylic acids is 2. The molecular formula is C20H26N4O2. The quantitative estimate of drug-likeness (QED) is 0.800. The van der Waals surface area contributed by atoms with E-state index in [4.69, 9.17) is 0 Å². The number of hydrogen-bond acceptors (Lipinski definition) is 3. The molecule has 26 heavy (non-hydrogen) atoms. The number of aromatic nitrogens is 2. The van der Waals surface area contributed by atoms with Gasteiger partial charge in [-0.15, -0.1) is 0 Å². The van der Waals surface area contributed by atoms with Crippen molar-refractivity contribution in [1.82, 2.24) is 19.6 Å². The van der Waals surface area contributed by atoms with Crippen LogP contribution in [0, 0.1) is 5.92 Å². The Morgan fingerprint density at radius 2 is 2.00 bits per heavy atom. The van der Waals surface area contributed by atoms with Crippen molar-refractivity contribution in [3.63, 3.8) is 0 Å².